The van der Waals surface area contributed by atoms with Crippen molar-refractivity contribution >= 4 is 5.97 Å². The van der Waals surface area contributed by atoms with E-state index >= 15 is 0 Å². The number of carbonyl (C=O) groups excluding carboxylic acids is 1. The van der Waals surface area contributed by atoms with Gasteiger partial charge in [-0.05, 0) is 51.6 Å². The fraction of sp³-hybridized carbons (Fsp3) is 0.917. The van der Waals surface area contributed by atoms with Crippen LogP contribution in [0.1, 0.15) is 38.5 Å². The number of ether oxygens (including phenoxy) is 1. The van der Waals surface area contributed by atoms with Crippen LogP contribution in [0.25, 0.3) is 0 Å². The van der Waals surface area contributed by atoms with Crippen molar-refractivity contribution in [2.75, 3.05) is 19.6 Å². The Labute approximate surface area is 97.1 Å². The molecule has 1 saturated heterocycles. The van der Waals surface area contributed by atoms with Gasteiger partial charge < -0.3 is 15.4 Å². The normalized spacial score (nSPS) is 23.5. The van der Waals surface area contributed by atoms with E-state index < -0.39 is 0 Å². The summed E-state index contributed by atoms with van der Waals surface area (Å²) in [6.07, 6.45) is 6.94. The van der Waals surface area contributed by atoms with Crippen molar-refractivity contribution in [2.24, 2.45) is 0 Å². The molecule has 2 N–H and O–H groups in total. The molecule has 0 aromatic heterocycles. The van der Waals surface area contributed by atoms with Gasteiger partial charge in [0.25, 0.3) is 0 Å². The van der Waals surface area contributed by atoms with Crippen molar-refractivity contribution in [2.45, 2.75) is 50.7 Å². The number of rotatable bonds is 4. The summed E-state index contributed by atoms with van der Waals surface area (Å²) in [7, 11) is 0. The van der Waals surface area contributed by atoms with E-state index in [1.54, 1.807) is 0 Å². The van der Waals surface area contributed by atoms with Crippen molar-refractivity contribution in [3.63, 3.8) is 0 Å². The zero-order valence-corrected chi connectivity index (χ0v) is 9.84. The largest absolute Gasteiger partial charge is 0.461 e. The topological polar surface area (TPSA) is 50.4 Å². The van der Waals surface area contributed by atoms with E-state index in [4.69, 9.17) is 4.74 Å². The molecule has 0 amide bonds. The zero-order valence-electron chi connectivity index (χ0n) is 9.84. The maximum atomic E-state index is 11.5. The highest BCUT2D eigenvalue weighted by molar-refractivity contribution is 5.71. The molecule has 2 fully saturated rings. The van der Waals surface area contributed by atoms with Crippen LogP contribution in [-0.2, 0) is 9.53 Å². The average molecular weight is 226 g/mol. The number of hydrogen-bond donors (Lipinski definition) is 2. The molecular weight excluding hydrogens is 204 g/mol. The monoisotopic (exact) mass is 226 g/mol. The Morgan fingerprint density at radius 3 is 2.56 bits per heavy atom. The van der Waals surface area contributed by atoms with Gasteiger partial charge in [-0.25, -0.2) is 0 Å². The van der Waals surface area contributed by atoms with Gasteiger partial charge in [-0.3, -0.25) is 4.79 Å². The molecule has 2 rings (SSSR count). The fourth-order valence-corrected chi connectivity index (χ4v) is 2.49. The molecule has 16 heavy (non-hydrogen) atoms. The number of esters is 1. The van der Waals surface area contributed by atoms with Crippen LogP contribution >= 0.6 is 0 Å². The predicted molar refractivity (Wildman–Crippen MR) is 62.2 cm³/mol. The molecule has 0 bridgehead atoms. The first-order valence-corrected chi connectivity index (χ1v) is 6.48. The lowest BCUT2D eigenvalue weighted by Crippen LogP contribution is -2.42. The Bertz CT molecular complexity index is 221. The Hall–Kier alpha value is -0.610. The summed E-state index contributed by atoms with van der Waals surface area (Å²) >= 11 is 0. The maximum Gasteiger partial charge on any atom is 0.320 e. The van der Waals surface area contributed by atoms with Crippen LogP contribution in [0, 0.1) is 0 Å². The lowest BCUT2D eigenvalue weighted by molar-refractivity contribution is -0.147. The van der Waals surface area contributed by atoms with Gasteiger partial charge >= 0.3 is 5.97 Å². The lowest BCUT2D eigenvalue weighted by Gasteiger charge is -2.23. The Morgan fingerprint density at radius 1 is 1.19 bits per heavy atom. The van der Waals surface area contributed by atoms with Crippen LogP contribution in [0.2, 0.25) is 0 Å². The van der Waals surface area contributed by atoms with E-state index in [9.17, 15) is 4.79 Å². The van der Waals surface area contributed by atoms with Gasteiger partial charge in [0.2, 0.25) is 0 Å². The van der Waals surface area contributed by atoms with Gasteiger partial charge in [0.1, 0.15) is 6.10 Å². The van der Waals surface area contributed by atoms with Crippen molar-refractivity contribution in [1.82, 2.24) is 10.6 Å². The first-order valence-electron chi connectivity index (χ1n) is 6.48. The third kappa shape index (κ3) is 3.76. The molecule has 1 aliphatic heterocycles. The standard InChI is InChI=1S/C12H22N2O2/c15-12(16-11-3-1-2-4-11)9-14-10-5-7-13-8-6-10/h10-11,13-14H,1-9H2. The third-order valence-corrected chi connectivity index (χ3v) is 3.47. The van der Waals surface area contributed by atoms with E-state index in [1.807, 2.05) is 0 Å². The molecule has 0 aromatic carbocycles. The van der Waals surface area contributed by atoms with Crippen molar-refractivity contribution in [3.8, 4) is 0 Å². The van der Waals surface area contributed by atoms with Crippen LogP contribution < -0.4 is 10.6 Å². The maximum absolute atomic E-state index is 11.5. The highest BCUT2D eigenvalue weighted by Gasteiger charge is 2.20. The molecule has 0 aromatic rings. The third-order valence-electron chi connectivity index (χ3n) is 3.47. The first-order chi connectivity index (χ1) is 7.84. The zero-order chi connectivity index (χ0) is 11.2. The number of carbonyl (C=O) groups is 1. The van der Waals surface area contributed by atoms with Crippen LogP contribution in [0.5, 0.6) is 0 Å². The molecule has 1 saturated carbocycles. The quantitative estimate of drug-likeness (QED) is 0.697. The van der Waals surface area contributed by atoms with Crippen molar-refractivity contribution in [3.05, 3.63) is 0 Å². The van der Waals surface area contributed by atoms with E-state index in [1.165, 1.54) is 12.8 Å². The highest BCUT2D eigenvalue weighted by atomic mass is 16.5. The second-order valence-corrected chi connectivity index (χ2v) is 4.80. The Balaban J connectivity index is 1.59. The molecule has 0 spiro atoms. The fourth-order valence-electron chi connectivity index (χ4n) is 2.49. The van der Waals surface area contributed by atoms with Crippen LogP contribution in [0.3, 0.4) is 0 Å². The van der Waals surface area contributed by atoms with E-state index in [-0.39, 0.29) is 12.1 Å². The smallest absolute Gasteiger partial charge is 0.320 e. The van der Waals surface area contributed by atoms with Gasteiger partial charge in [-0.1, -0.05) is 0 Å². The lowest BCUT2D eigenvalue weighted by atomic mass is 10.1. The summed E-state index contributed by atoms with van der Waals surface area (Å²) in [5.74, 6) is -0.0783. The minimum Gasteiger partial charge on any atom is -0.461 e. The first kappa shape index (κ1) is 11.9. The predicted octanol–water partition coefficient (Wildman–Crippen LogP) is 0.814. The van der Waals surface area contributed by atoms with Crippen LogP contribution in [-0.4, -0.2) is 37.7 Å². The molecule has 0 atom stereocenters. The molecule has 0 radical (unpaired) electrons. The Morgan fingerprint density at radius 2 is 1.88 bits per heavy atom. The number of hydrogen-bond acceptors (Lipinski definition) is 4. The van der Waals surface area contributed by atoms with Gasteiger partial charge in [0.05, 0.1) is 6.54 Å². The molecule has 4 heteroatoms. The molecule has 1 heterocycles. The minimum absolute atomic E-state index is 0.0783. The molecule has 0 unspecified atom stereocenters. The van der Waals surface area contributed by atoms with E-state index in [0.29, 0.717) is 12.6 Å². The highest BCUT2D eigenvalue weighted by Crippen LogP contribution is 2.20. The van der Waals surface area contributed by atoms with Crippen molar-refractivity contribution in [1.29, 1.82) is 0 Å². The van der Waals surface area contributed by atoms with E-state index in [0.717, 1.165) is 38.8 Å². The number of nitrogens with one attached hydrogen (secondary N) is 2. The summed E-state index contributed by atoms with van der Waals surface area (Å²) in [6.45, 7) is 2.48. The van der Waals surface area contributed by atoms with Crippen LogP contribution in [0.4, 0.5) is 0 Å². The number of piperidine rings is 1. The summed E-state index contributed by atoms with van der Waals surface area (Å²) in [4.78, 5) is 11.5. The van der Waals surface area contributed by atoms with Crippen molar-refractivity contribution < 1.29 is 9.53 Å². The van der Waals surface area contributed by atoms with Gasteiger partial charge in [-0.15, -0.1) is 0 Å². The summed E-state index contributed by atoms with van der Waals surface area (Å²) in [5, 5.41) is 6.59. The molecule has 2 aliphatic rings. The molecule has 92 valence electrons. The summed E-state index contributed by atoms with van der Waals surface area (Å²) in [5.41, 5.74) is 0. The summed E-state index contributed by atoms with van der Waals surface area (Å²) in [6, 6.07) is 0.484. The molecular formula is C12H22N2O2. The minimum atomic E-state index is -0.0783. The second-order valence-electron chi connectivity index (χ2n) is 4.80. The van der Waals surface area contributed by atoms with E-state index in [2.05, 4.69) is 10.6 Å². The average Bonchev–Trinajstić information content (AvgIpc) is 2.81. The summed E-state index contributed by atoms with van der Waals surface area (Å²) < 4.78 is 5.39. The van der Waals surface area contributed by atoms with Gasteiger partial charge in [0.15, 0.2) is 0 Å². The SMILES string of the molecule is O=C(CNC1CCNCC1)OC1CCCC1. The van der Waals surface area contributed by atoms with Gasteiger partial charge in [-0.2, -0.15) is 0 Å². The Kier molecular flexibility index (Phi) is 4.60. The van der Waals surface area contributed by atoms with Gasteiger partial charge in [0, 0.05) is 6.04 Å². The molecule has 4 nitrogen and oxygen atoms in total. The van der Waals surface area contributed by atoms with Crippen LogP contribution in [0.15, 0.2) is 0 Å². The molecule has 1 aliphatic carbocycles. The second kappa shape index (κ2) is 6.21.